The van der Waals surface area contributed by atoms with E-state index < -0.39 is 0 Å². The molecule has 2 saturated carbocycles. The summed E-state index contributed by atoms with van der Waals surface area (Å²) in [4.78, 5) is 17.9. The van der Waals surface area contributed by atoms with Crippen molar-refractivity contribution in [2.24, 2.45) is 5.41 Å². The average Bonchev–Trinajstić information content (AvgIpc) is 2.93. The molecule has 1 unspecified atom stereocenters. The van der Waals surface area contributed by atoms with Crippen molar-refractivity contribution >= 4 is 0 Å². The SMILES string of the molecule is O=c1ccnc(C2CC23CC3)[nH]1. The highest BCUT2D eigenvalue weighted by atomic mass is 16.1. The van der Waals surface area contributed by atoms with E-state index in [9.17, 15) is 4.79 Å². The largest absolute Gasteiger partial charge is 0.310 e. The lowest BCUT2D eigenvalue weighted by Gasteiger charge is -1.94. The van der Waals surface area contributed by atoms with Crippen LogP contribution in [0.25, 0.3) is 0 Å². The standard InChI is InChI=1S/C9H10N2O/c12-7-1-4-10-8(11-7)6-5-9(6)2-3-9/h1,4,6H,2-3,5H2,(H,10,11,12). The fraction of sp³-hybridized carbons (Fsp3) is 0.556. The second-order valence-corrected chi connectivity index (χ2v) is 3.94. The Kier molecular flexibility index (Phi) is 0.953. The maximum atomic E-state index is 11.0. The summed E-state index contributed by atoms with van der Waals surface area (Å²) in [5.74, 6) is 1.46. The van der Waals surface area contributed by atoms with Crippen LogP contribution in [0.1, 0.15) is 31.0 Å². The first kappa shape index (κ1) is 6.40. The Morgan fingerprint density at radius 2 is 2.42 bits per heavy atom. The third kappa shape index (κ3) is 0.763. The van der Waals surface area contributed by atoms with Gasteiger partial charge in [-0.15, -0.1) is 0 Å². The van der Waals surface area contributed by atoms with Crippen LogP contribution in [0.2, 0.25) is 0 Å². The molecule has 0 saturated heterocycles. The average molecular weight is 162 g/mol. The van der Waals surface area contributed by atoms with E-state index >= 15 is 0 Å². The van der Waals surface area contributed by atoms with Gasteiger partial charge in [-0.25, -0.2) is 4.98 Å². The number of H-pyrrole nitrogens is 1. The predicted octanol–water partition coefficient (Wildman–Crippen LogP) is 1.04. The van der Waals surface area contributed by atoms with E-state index in [1.807, 2.05) is 0 Å². The minimum Gasteiger partial charge on any atom is -0.310 e. The number of aromatic amines is 1. The topological polar surface area (TPSA) is 45.8 Å². The summed E-state index contributed by atoms with van der Waals surface area (Å²) < 4.78 is 0. The number of nitrogens with one attached hydrogen (secondary N) is 1. The Labute approximate surface area is 69.8 Å². The summed E-state index contributed by atoms with van der Waals surface area (Å²) in [6.07, 6.45) is 5.50. The van der Waals surface area contributed by atoms with E-state index in [0.717, 1.165) is 5.82 Å². The molecule has 1 aromatic rings. The van der Waals surface area contributed by atoms with Crippen molar-refractivity contribution in [2.45, 2.75) is 25.2 Å². The Morgan fingerprint density at radius 1 is 1.58 bits per heavy atom. The van der Waals surface area contributed by atoms with Crippen molar-refractivity contribution < 1.29 is 0 Å². The third-order valence-electron chi connectivity index (χ3n) is 3.10. The second-order valence-electron chi connectivity index (χ2n) is 3.94. The normalized spacial score (nSPS) is 28.8. The molecule has 1 spiro atoms. The van der Waals surface area contributed by atoms with Crippen LogP contribution in [-0.2, 0) is 0 Å². The lowest BCUT2D eigenvalue weighted by molar-refractivity contribution is 0.785. The molecule has 12 heavy (non-hydrogen) atoms. The minimum atomic E-state index is -0.0253. The van der Waals surface area contributed by atoms with E-state index in [2.05, 4.69) is 9.97 Å². The molecule has 1 heterocycles. The Bertz CT molecular complexity index is 378. The van der Waals surface area contributed by atoms with Gasteiger partial charge in [0.15, 0.2) is 0 Å². The van der Waals surface area contributed by atoms with Crippen LogP contribution in [-0.4, -0.2) is 9.97 Å². The van der Waals surface area contributed by atoms with Crippen molar-refractivity contribution in [2.75, 3.05) is 0 Å². The predicted molar refractivity (Wildman–Crippen MR) is 43.9 cm³/mol. The highest BCUT2D eigenvalue weighted by Gasteiger charge is 2.64. The quantitative estimate of drug-likeness (QED) is 0.670. The van der Waals surface area contributed by atoms with Crippen molar-refractivity contribution in [1.82, 2.24) is 9.97 Å². The molecule has 2 aliphatic carbocycles. The van der Waals surface area contributed by atoms with Gasteiger partial charge in [0.05, 0.1) is 0 Å². The number of rotatable bonds is 1. The van der Waals surface area contributed by atoms with Crippen LogP contribution in [0.5, 0.6) is 0 Å². The van der Waals surface area contributed by atoms with Crippen molar-refractivity contribution in [3.05, 3.63) is 28.4 Å². The van der Waals surface area contributed by atoms with Crippen LogP contribution >= 0.6 is 0 Å². The zero-order valence-corrected chi connectivity index (χ0v) is 6.71. The van der Waals surface area contributed by atoms with Gasteiger partial charge in [-0.1, -0.05) is 0 Å². The third-order valence-corrected chi connectivity index (χ3v) is 3.10. The molecule has 62 valence electrons. The fourth-order valence-electron chi connectivity index (χ4n) is 2.01. The van der Waals surface area contributed by atoms with Gasteiger partial charge >= 0.3 is 0 Å². The van der Waals surface area contributed by atoms with Crippen molar-refractivity contribution in [3.63, 3.8) is 0 Å². The summed E-state index contributed by atoms with van der Waals surface area (Å²) in [5.41, 5.74) is 0.555. The molecule has 3 heteroatoms. The van der Waals surface area contributed by atoms with Crippen LogP contribution in [0.4, 0.5) is 0 Å². The van der Waals surface area contributed by atoms with E-state index in [1.165, 1.54) is 25.3 Å². The molecule has 2 fully saturated rings. The molecule has 1 aromatic heterocycles. The highest BCUT2D eigenvalue weighted by molar-refractivity contribution is 5.24. The van der Waals surface area contributed by atoms with Crippen LogP contribution in [0.15, 0.2) is 17.1 Å². The van der Waals surface area contributed by atoms with Gasteiger partial charge < -0.3 is 4.98 Å². The molecule has 1 atom stereocenters. The Morgan fingerprint density at radius 3 is 3.00 bits per heavy atom. The van der Waals surface area contributed by atoms with Crippen molar-refractivity contribution in [3.8, 4) is 0 Å². The van der Waals surface area contributed by atoms with Gasteiger partial charge in [0.2, 0.25) is 0 Å². The molecule has 0 aliphatic heterocycles. The molecule has 1 N–H and O–H groups in total. The molecule has 2 aliphatic rings. The second kappa shape index (κ2) is 1.79. The first-order chi connectivity index (χ1) is 5.80. The Hall–Kier alpha value is -1.12. The van der Waals surface area contributed by atoms with Gasteiger partial charge in [-0.2, -0.15) is 0 Å². The highest BCUT2D eigenvalue weighted by Crippen LogP contribution is 2.74. The van der Waals surface area contributed by atoms with Gasteiger partial charge in [-0.3, -0.25) is 4.79 Å². The van der Waals surface area contributed by atoms with Gasteiger partial charge in [-0.05, 0) is 24.7 Å². The van der Waals surface area contributed by atoms with Gasteiger partial charge in [0.1, 0.15) is 5.82 Å². The summed E-state index contributed by atoms with van der Waals surface area (Å²) in [5, 5.41) is 0. The van der Waals surface area contributed by atoms with Crippen molar-refractivity contribution in [1.29, 1.82) is 0 Å². The molecule has 0 aromatic carbocycles. The fourth-order valence-corrected chi connectivity index (χ4v) is 2.01. The van der Waals surface area contributed by atoms with E-state index in [0.29, 0.717) is 11.3 Å². The van der Waals surface area contributed by atoms with Crippen LogP contribution in [0, 0.1) is 5.41 Å². The molecular weight excluding hydrogens is 152 g/mol. The smallest absolute Gasteiger partial charge is 0.250 e. The minimum absolute atomic E-state index is 0.0253. The zero-order valence-electron chi connectivity index (χ0n) is 6.71. The molecule has 0 bridgehead atoms. The van der Waals surface area contributed by atoms with Gasteiger partial charge in [0, 0.05) is 18.2 Å². The molecule has 3 nitrogen and oxygen atoms in total. The summed E-state index contributed by atoms with van der Waals surface area (Å²) in [7, 11) is 0. The number of hydrogen-bond donors (Lipinski definition) is 1. The summed E-state index contributed by atoms with van der Waals surface area (Å²) in [6.45, 7) is 0. The van der Waals surface area contributed by atoms with E-state index in [-0.39, 0.29) is 5.56 Å². The maximum Gasteiger partial charge on any atom is 0.250 e. The molecule has 0 radical (unpaired) electrons. The lowest BCUT2D eigenvalue weighted by Crippen LogP contribution is -2.08. The van der Waals surface area contributed by atoms with E-state index in [4.69, 9.17) is 0 Å². The van der Waals surface area contributed by atoms with Crippen LogP contribution in [0.3, 0.4) is 0 Å². The molecule has 3 rings (SSSR count). The number of nitrogens with zero attached hydrogens (tertiary/aromatic N) is 1. The monoisotopic (exact) mass is 162 g/mol. The number of aromatic nitrogens is 2. The molecular formula is C9H10N2O. The van der Waals surface area contributed by atoms with Gasteiger partial charge in [0.25, 0.3) is 5.56 Å². The molecule has 0 amide bonds. The lowest BCUT2D eigenvalue weighted by atomic mass is 10.3. The maximum absolute atomic E-state index is 11.0. The van der Waals surface area contributed by atoms with Crippen LogP contribution < -0.4 is 5.56 Å². The van der Waals surface area contributed by atoms with E-state index in [1.54, 1.807) is 6.20 Å². The summed E-state index contributed by atoms with van der Waals surface area (Å²) >= 11 is 0. The first-order valence-electron chi connectivity index (χ1n) is 4.35. The zero-order chi connectivity index (χ0) is 8.18. The first-order valence-corrected chi connectivity index (χ1v) is 4.35. The summed E-state index contributed by atoms with van der Waals surface area (Å²) in [6, 6.07) is 1.46. The Balaban J connectivity index is 1.98. The number of hydrogen-bond acceptors (Lipinski definition) is 2.